The second kappa shape index (κ2) is 12.9. The quantitative estimate of drug-likeness (QED) is 0.107. The van der Waals surface area contributed by atoms with Gasteiger partial charge in [0, 0.05) is 40.1 Å². The Labute approximate surface area is 266 Å². The lowest BCUT2D eigenvalue weighted by Gasteiger charge is -2.03. The second-order valence-electron chi connectivity index (χ2n) is 11.1. The number of aryl methyl sites for hydroxylation is 3. The summed E-state index contributed by atoms with van der Waals surface area (Å²) in [7, 11) is 0. The number of aromatic nitrogens is 4. The highest BCUT2D eigenvalue weighted by Crippen LogP contribution is 2.37. The minimum Gasteiger partial charge on any atom is -0.481 e. The fourth-order valence-electron chi connectivity index (χ4n) is 5.96. The summed E-state index contributed by atoms with van der Waals surface area (Å²) < 4.78 is 0. The van der Waals surface area contributed by atoms with E-state index in [9.17, 15) is 19.8 Å². The molecule has 3 aromatic heterocycles. The molecule has 0 aliphatic carbocycles. The summed E-state index contributed by atoms with van der Waals surface area (Å²) in [5, 5.41) is 18.9. The number of hydrogen-bond acceptors (Lipinski definition) is 6. The van der Waals surface area contributed by atoms with E-state index >= 15 is 0 Å². The molecule has 2 aliphatic heterocycles. The van der Waals surface area contributed by atoms with Crippen LogP contribution in [-0.2, 0) is 16.0 Å². The zero-order valence-corrected chi connectivity index (χ0v) is 27.0. The van der Waals surface area contributed by atoms with Gasteiger partial charge in [0.1, 0.15) is 0 Å². The highest BCUT2D eigenvalue weighted by Gasteiger charge is 2.21. The second-order valence-corrected chi connectivity index (χ2v) is 12.0. The lowest BCUT2D eigenvalue weighted by atomic mass is 10.0. The van der Waals surface area contributed by atoms with Crippen molar-refractivity contribution in [3.63, 3.8) is 0 Å². The highest BCUT2D eigenvalue weighted by molar-refractivity contribution is 7.80. The molecule has 8 nitrogen and oxygen atoms in total. The van der Waals surface area contributed by atoms with Crippen LogP contribution in [0.25, 0.3) is 50.4 Å². The Kier molecular flexibility index (Phi) is 9.22. The van der Waals surface area contributed by atoms with Crippen molar-refractivity contribution in [1.29, 1.82) is 0 Å². The molecule has 2 aliphatic rings. The SMILES string of the molecule is CC1=C(CCS)c2cc3nc(cc4[nH]c(cc5[nH]c(cc1n2)c(C)c5CCC(=O)O)c(/C=C/C(=O)O)c4C)C(CCS)=C3C. The molecule has 3 aromatic rings. The fraction of sp³-hybridized carbons (Fsp3) is 0.294. The fourth-order valence-corrected chi connectivity index (χ4v) is 6.41. The van der Waals surface area contributed by atoms with Crippen molar-refractivity contribution >= 4 is 87.6 Å². The molecule has 44 heavy (non-hydrogen) atoms. The number of H-pyrrole nitrogens is 2. The molecule has 8 bridgehead atoms. The van der Waals surface area contributed by atoms with Crippen LogP contribution in [0.1, 0.15) is 78.1 Å². The third-order valence-electron chi connectivity index (χ3n) is 8.42. The van der Waals surface area contributed by atoms with Crippen LogP contribution in [-0.4, -0.2) is 53.6 Å². The van der Waals surface area contributed by atoms with Crippen LogP contribution in [0.2, 0.25) is 0 Å². The molecule has 0 saturated heterocycles. The lowest BCUT2D eigenvalue weighted by molar-refractivity contribution is -0.137. The molecule has 0 radical (unpaired) electrons. The largest absolute Gasteiger partial charge is 0.481 e. The van der Waals surface area contributed by atoms with Crippen LogP contribution < -0.4 is 0 Å². The van der Waals surface area contributed by atoms with E-state index in [1.165, 1.54) is 0 Å². The standard InChI is InChI=1S/C34H36N4O4S2/c1-17-21(5-7-33(39)40)31-16-32-22(6-8-34(41)42)18(2)27(38-32)14-30-24(10-12-44)20(4)28(37-30)15-29-23(9-11-43)19(3)26(35-29)13-25(17)36-31/h6,8,13-16,36,38,43-44H,5,7,9-12H2,1-4H3,(H,39,40)(H,41,42)/b8-6+,25-13?,26-13?,27-14?,28-15?,29-15?,30-14?,31-16?,32-16?. The number of aromatic amines is 2. The number of carboxylic acid groups (broad SMARTS) is 2. The van der Waals surface area contributed by atoms with E-state index in [0.29, 0.717) is 23.4 Å². The molecule has 10 heteroatoms. The number of rotatable bonds is 9. The van der Waals surface area contributed by atoms with Gasteiger partial charge < -0.3 is 20.2 Å². The number of aliphatic carboxylic acids is 2. The predicted molar refractivity (Wildman–Crippen MR) is 185 cm³/mol. The number of nitrogens with one attached hydrogen (secondary N) is 2. The lowest BCUT2D eigenvalue weighted by Crippen LogP contribution is -1.97. The van der Waals surface area contributed by atoms with E-state index in [4.69, 9.17) is 9.97 Å². The molecule has 0 atom stereocenters. The molecule has 0 unspecified atom stereocenters. The van der Waals surface area contributed by atoms with E-state index < -0.39 is 11.9 Å². The normalized spacial score (nSPS) is 13.4. The van der Waals surface area contributed by atoms with Crippen LogP contribution in [0, 0.1) is 13.8 Å². The average molecular weight is 629 g/mol. The van der Waals surface area contributed by atoms with E-state index in [0.717, 1.165) is 103 Å². The van der Waals surface area contributed by atoms with Gasteiger partial charge in [-0.15, -0.1) is 0 Å². The van der Waals surface area contributed by atoms with Gasteiger partial charge in [-0.2, -0.15) is 25.3 Å². The van der Waals surface area contributed by atoms with Crippen LogP contribution in [0.4, 0.5) is 0 Å². The third-order valence-corrected chi connectivity index (χ3v) is 8.87. The zero-order chi connectivity index (χ0) is 31.7. The van der Waals surface area contributed by atoms with Gasteiger partial charge in [0.2, 0.25) is 0 Å². The average Bonchev–Trinajstić information content (AvgIpc) is 3.62. The summed E-state index contributed by atoms with van der Waals surface area (Å²) in [5.74, 6) is -0.588. The van der Waals surface area contributed by atoms with E-state index in [2.05, 4.69) is 55.1 Å². The monoisotopic (exact) mass is 628 g/mol. The van der Waals surface area contributed by atoms with Crippen molar-refractivity contribution < 1.29 is 19.8 Å². The van der Waals surface area contributed by atoms with Crippen LogP contribution >= 0.6 is 25.3 Å². The first-order valence-electron chi connectivity index (χ1n) is 14.5. The van der Waals surface area contributed by atoms with Crippen molar-refractivity contribution in [2.75, 3.05) is 11.5 Å². The Balaban J connectivity index is 1.96. The number of carbonyl (C=O) groups is 2. The Bertz CT molecular complexity index is 1950. The molecular weight excluding hydrogens is 593 g/mol. The smallest absolute Gasteiger partial charge is 0.328 e. The van der Waals surface area contributed by atoms with Gasteiger partial charge in [0.05, 0.1) is 22.8 Å². The van der Waals surface area contributed by atoms with Crippen molar-refractivity contribution in [3.8, 4) is 0 Å². The van der Waals surface area contributed by atoms with Gasteiger partial charge in [-0.3, -0.25) is 4.79 Å². The summed E-state index contributed by atoms with van der Waals surface area (Å²) in [5.41, 5.74) is 14.3. The Hall–Kier alpha value is -4.02. The van der Waals surface area contributed by atoms with Gasteiger partial charge in [0.15, 0.2) is 0 Å². The number of thiol groups is 2. The molecule has 0 aromatic carbocycles. The molecule has 228 valence electrons. The maximum absolute atomic E-state index is 11.6. The Morgan fingerprint density at radius 2 is 1.27 bits per heavy atom. The van der Waals surface area contributed by atoms with Gasteiger partial charge in [0.25, 0.3) is 0 Å². The Morgan fingerprint density at radius 3 is 1.86 bits per heavy atom. The number of fused-ring (bicyclic) bond motifs is 8. The summed E-state index contributed by atoms with van der Waals surface area (Å²) in [6.07, 6.45) is 4.51. The first-order valence-corrected chi connectivity index (χ1v) is 15.8. The number of allylic oxidation sites excluding steroid dienone is 4. The predicted octanol–water partition coefficient (Wildman–Crippen LogP) is 7.55. The van der Waals surface area contributed by atoms with Gasteiger partial charge in [-0.05, 0) is 128 Å². The van der Waals surface area contributed by atoms with Crippen molar-refractivity contribution in [1.82, 2.24) is 19.9 Å². The first kappa shape index (κ1) is 31.4. The summed E-state index contributed by atoms with van der Waals surface area (Å²) >= 11 is 9.04. The van der Waals surface area contributed by atoms with E-state index in [1.807, 2.05) is 32.0 Å². The maximum Gasteiger partial charge on any atom is 0.328 e. The zero-order valence-electron chi connectivity index (χ0n) is 25.2. The summed E-state index contributed by atoms with van der Waals surface area (Å²) in [6, 6.07) is 8.01. The molecule has 0 fully saturated rings. The van der Waals surface area contributed by atoms with Crippen molar-refractivity contribution in [2.24, 2.45) is 0 Å². The van der Waals surface area contributed by atoms with Crippen LogP contribution in [0.3, 0.4) is 0 Å². The van der Waals surface area contributed by atoms with Gasteiger partial charge >= 0.3 is 11.9 Å². The first-order chi connectivity index (χ1) is 21.0. The number of nitrogens with zero attached hydrogens (tertiary/aromatic N) is 2. The molecular formula is C34H36N4O4S2. The van der Waals surface area contributed by atoms with Crippen molar-refractivity contribution in [2.45, 2.75) is 53.4 Å². The Morgan fingerprint density at radius 1 is 0.727 bits per heavy atom. The van der Waals surface area contributed by atoms with Crippen LogP contribution in [0.15, 0.2) is 30.3 Å². The topological polar surface area (TPSA) is 132 Å². The summed E-state index contributed by atoms with van der Waals surface area (Å²) in [6.45, 7) is 8.08. The molecule has 5 heterocycles. The molecule has 5 rings (SSSR count). The van der Waals surface area contributed by atoms with Crippen molar-refractivity contribution in [3.05, 3.63) is 75.4 Å². The highest BCUT2D eigenvalue weighted by atomic mass is 32.1. The minimum atomic E-state index is -1.05. The molecule has 0 amide bonds. The van der Waals surface area contributed by atoms with E-state index in [1.54, 1.807) is 6.08 Å². The molecule has 4 N–H and O–H groups in total. The van der Waals surface area contributed by atoms with Gasteiger partial charge in [-0.1, -0.05) is 0 Å². The minimum absolute atomic E-state index is 0.0234. The number of carboxylic acids is 2. The molecule has 0 saturated carbocycles. The summed E-state index contributed by atoms with van der Waals surface area (Å²) in [4.78, 5) is 40.2. The molecule has 0 spiro atoms. The maximum atomic E-state index is 11.6. The van der Waals surface area contributed by atoms with Crippen LogP contribution in [0.5, 0.6) is 0 Å². The number of hydrogen-bond donors (Lipinski definition) is 6. The van der Waals surface area contributed by atoms with Gasteiger partial charge in [-0.25, -0.2) is 14.8 Å². The third kappa shape index (κ3) is 6.14. The van der Waals surface area contributed by atoms with E-state index in [-0.39, 0.29) is 6.42 Å².